The quantitative estimate of drug-likeness (QED) is 0.848. The Morgan fingerprint density at radius 3 is 2.43 bits per heavy atom. The first-order chi connectivity index (χ1) is 10.9. The molecule has 2 bridgehead atoms. The van der Waals surface area contributed by atoms with Gasteiger partial charge >= 0.3 is 0 Å². The molecule has 1 unspecified atom stereocenters. The Morgan fingerprint density at radius 2 is 1.83 bits per heavy atom. The van der Waals surface area contributed by atoms with Gasteiger partial charge in [0, 0.05) is 10.4 Å². The lowest BCUT2D eigenvalue weighted by molar-refractivity contribution is -0.120. The molecule has 1 aromatic carbocycles. The maximum absolute atomic E-state index is 12.5. The largest absolute Gasteiger partial charge is 0.274 e. The van der Waals surface area contributed by atoms with Crippen molar-refractivity contribution >= 4 is 31.9 Å². The third kappa shape index (κ3) is 2.95. The molecular weight excluding hydrogens is 378 g/mol. The predicted octanol–water partition coefficient (Wildman–Crippen LogP) is 3.19. The maximum Gasteiger partial charge on any atom is 0.238 e. The highest BCUT2D eigenvalue weighted by Gasteiger charge is 2.49. The highest BCUT2D eigenvalue weighted by atomic mass is 79.9. The van der Waals surface area contributed by atoms with Crippen molar-refractivity contribution < 1.29 is 13.2 Å². The summed E-state index contributed by atoms with van der Waals surface area (Å²) in [5.74, 6) is 0.434. The Balaban J connectivity index is 1.40. The molecule has 1 aromatic rings. The zero-order chi connectivity index (χ0) is 16.2. The summed E-state index contributed by atoms with van der Waals surface area (Å²) in [5, 5.41) is -0.352. The van der Waals surface area contributed by atoms with Crippen molar-refractivity contribution in [3.05, 3.63) is 34.3 Å². The van der Waals surface area contributed by atoms with Gasteiger partial charge in [-0.15, -0.1) is 0 Å². The van der Waals surface area contributed by atoms with Gasteiger partial charge in [0.15, 0.2) is 0 Å². The van der Waals surface area contributed by atoms with Crippen LogP contribution < -0.4 is 4.72 Å². The highest BCUT2D eigenvalue weighted by molar-refractivity contribution is 9.10. The number of halogens is 1. The fourth-order valence-electron chi connectivity index (χ4n) is 4.42. The number of amides is 1. The van der Waals surface area contributed by atoms with E-state index in [1.807, 2.05) is 24.3 Å². The molecule has 6 heteroatoms. The van der Waals surface area contributed by atoms with Crippen LogP contribution in [-0.2, 0) is 14.8 Å². The minimum atomic E-state index is -3.51. The summed E-state index contributed by atoms with van der Waals surface area (Å²) in [6.07, 6.45) is 4.63. The second-order valence-corrected chi connectivity index (χ2v) is 10.0. The Labute approximate surface area is 145 Å². The van der Waals surface area contributed by atoms with Gasteiger partial charge in [-0.3, -0.25) is 9.52 Å². The lowest BCUT2D eigenvalue weighted by Gasteiger charge is -2.21. The van der Waals surface area contributed by atoms with Crippen molar-refractivity contribution in [3.8, 4) is 0 Å². The average molecular weight is 398 g/mol. The predicted molar refractivity (Wildman–Crippen MR) is 91.3 cm³/mol. The molecule has 0 radical (unpaired) electrons. The van der Waals surface area contributed by atoms with Gasteiger partial charge in [0.25, 0.3) is 0 Å². The summed E-state index contributed by atoms with van der Waals surface area (Å²) >= 11 is 3.39. The van der Waals surface area contributed by atoms with E-state index in [0.717, 1.165) is 42.1 Å². The number of nitrogens with one attached hydrogen (secondary N) is 1. The van der Waals surface area contributed by atoms with Crippen molar-refractivity contribution in [2.24, 2.45) is 17.8 Å². The molecule has 3 fully saturated rings. The molecular formula is C17H20BrNO3S. The van der Waals surface area contributed by atoms with Gasteiger partial charge in [-0.25, -0.2) is 8.42 Å². The van der Waals surface area contributed by atoms with Crippen LogP contribution in [0.25, 0.3) is 0 Å². The normalized spacial score (nSPS) is 35.3. The smallest absolute Gasteiger partial charge is 0.238 e. The maximum atomic E-state index is 12.5. The number of hydrogen-bond donors (Lipinski definition) is 1. The van der Waals surface area contributed by atoms with Crippen molar-refractivity contribution in [1.29, 1.82) is 0 Å². The molecule has 0 aromatic heterocycles. The molecule has 23 heavy (non-hydrogen) atoms. The van der Waals surface area contributed by atoms with Gasteiger partial charge < -0.3 is 0 Å². The lowest BCUT2D eigenvalue weighted by Crippen LogP contribution is -2.41. The monoisotopic (exact) mass is 397 g/mol. The fourth-order valence-corrected chi connectivity index (χ4v) is 6.55. The highest BCUT2D eigenvalue weighted by Crippen LogP contribution is 2.49. The number of carbonyl (C=O) groups excluding carboxylic acids is 1. The van der Waals surface area contributed by atoms with Gasteiger partial charge in [0.2, 0.25) is 15.9 Å². The lowest BCUT2D eigenvalue weighted by atomic mass is 10.0. The van der Waals surface area contributed by atoms with Crippen LogP contribution in [-0.4, -0.2) is 19.6 Å². The van der Waals surface area contributed by atoms with Crippen molar-refractivity contribution in [2.45, 2.75) is 43.3 Å². The molecule has 5 atom stereocenters. The number of hydrogen-bond acceptors (Lipinski definition) is 3. The van der Waals surface area contributed by atoms with E-state index in [0.29, 0.717) is 5.92 Å². The first-order valence-electron chi connectivity index (χ1n) is 8.25. The topological polar surface area (TPSA) is 63.2 Å². The number of carbonyl (C=O) groups is 1. The number of benzene rings is 1. The van der Waals surface area contributed by atoms with Crippen molar-refractivity contribution in [1.82, 2.24) is 4.72 Å². The van der Waals surface area contributed by atoms with Gasteiger partial charge in [0.1, 0.15) is 0 Å². The van der Waals surface area contributed by atoms with Gasteiger partial charge in [-0.1, -0.05) is 34.5 Å². The Kier molecular flexibility index (Phi) is 3.80. The molecule has 1 amide bonds. The molecule has 0 saturated heterocycles. The van der Waals surface area contributed by atoms with Crippen LogP contribution in [0, 0.1) is 17.8 Å². The first-order valence-corrected chi connectivity index (χ1v) is 10.6. The zero-order valence-electron chi connectivity index (χ0n) is 12.7. The molecule has 3 saturated carbocycles. The third-order valence-corrected chi connectivity index (χ3v) is 8.13. The molecule has 3 aliphatic carbocycles. The molecule has 4 nitrogen and oxygen atoms in total. The van der Waals surface area contributed by atoms with E-state index in [2.05, 4.69) is 20.7 Å². The van der Waals surface area contributed by atoms with E-state index >= 15 is 0 Å². The van der Waals surface area contributed by atoms with Crippen LogP contribution in [0.4, 0.5) is 0 Å². The third-order valence-electron chi connectivity index (χ3n) is 5.74. The van der Waals surface area contributed by atoms with Gasteiger partial charge in [-0.05, 0) is 61.1 Å². The summed E-state index contributed by atoms with van der Waals surface area (Å²) < 4.78 is 28.4. The summed E-state index contributed by atoms with van der Waals surface area (Å²) in [6, 6.07) is 7.89. The van der Waals surface area contributed by atoms with Crippen LogP contribution in [0.1, 0.15) is 43.6 Å². The summed E-state index contributed by atoms with van der Waals surface area (Å²) in [4.78, 5) is 12.3. The molecule has 124 valence electrons. The van der Waals surface area contributed by atoms with Crippen molar-refractivity contribution in [3.63, 3.8) is 0 Å². The number of rotatable bonds is 4. The van der Waals surface area contributed by atoms with Gasteiger partial charge in [0.05, 0.1) is 5.25 Å². The SMILES string of the molecule is O=C(NS(=O)(=O)C1C[C@@H]2CC[C@H]1C2)[C@@H]1C[C@H]1c1ccc(Br)cc1. The minimum Gasteiger partial charge on any atom is -0.274 e. The molecule has 4 rings (SSSR count). The second-order valence-electron chi connectivity index (χ2n) is 7.22. The van der Waals surface area contributed by atoms with E-state index < -0.39 is 10.0 Å². The average Bonchev–Trinajstić information content (AvgIpc) is 3.02. The van der Waals surface area contributed by atoms with E-state index in [9.17, 15) is 13.2 Å². The second kappa shape index (κ2) is 5.59. The minimum absolute atomic E-state index is 0.151. The molecule has 0 aliphatic heterocycles. The van der Waals surface area contributed by atoms with Crippen LogP contribution in [0.2, 0.25) is 0 Å². The summed E-state index contributed by atoms with van der Waals surface area (Å²) in [5.41, 5.74) is 1.10. The van der Waals surface area contributed by atoms with E-state index in [1.165, 1.54) is 0 Å². The Morgan fingerprint density at radius 1 is 1.09 bits per heavy atom. The van der Waals surface area contributed by atoms with E-state index in [4.69, 9.17) is 0 Å². The van der Waals surface area contributed by atoms with Crippen molar-refractivity contribution in [2.75, 3.05) is 0 Å². The molecule has 0 spiro atoms. The fraction of sp³-hybridized carbons (Fsp3) is 0.588. The van der Waals surface area contributed by atoms with Crippen LogP contribution in [0.3, 0.4) is 0 Å². The summed E-state index contributed by atoms with van der Waals surface area (Å²) in [7, 11) is -3.51. The van der Waals surface area contributed by atoms with Gasteiger partial charge in [-0.2, -0.15) is 0 Å². The number of sulfonamides is 1. The summed E-state index contributed by atoms with van der Waals surface area (Å²) in [6.45, 7) is 0. The molecule has 0 heterocycles. The van der Waals surface area contributed by atoms with Crippen LogP contribution >= 0.6 is 15.9 Å². The Bertz CT molecular complexity index is 731. The Hall–Kier alpha value is -0.880. The zero-order valence-corrected chi connectivity index (χ0v) is 15.1. The molecule has 1 N–H and O–H groups in total. The molecule has 3 aliphatic rings. The standard InChI is InChI=1S/C17H20BrNO3S/c18-13-5-3-11(4-6-13)14-9-15(14)17(20)19-23(21,22)16-8-10-1-2-12(16)7-10/h3-6,10,12,14-16H,1-2,7-9H2,(H,19,20)/t10-,12+,14+,15-,16?/m1/s1. The first kappa shape index (κ1) is 15.6. The van der Waals surface area contributed by atoms with E-state index in [1.54, 1.807) is 0 Å². The van der Waals surface area contributed by atoms with Crippen LogP contribution in [0.5, 0.6) is 0 Å². The van der Waals surface area contributed by atoms with Crippen LogP contribution in [0.15, 0.2) is 28.7 Å². The van der Waals surface area contributed by atoms with E-state index in [-0.39, 0.29) is 28.9 Å². The number of fused-ring (bicyclic) bond motifs is 2.